The van der Waals surface area contributed by atoms with Gasteiger partial charge in [0.15, 0.2) is 5.65 Å². The highest BCUT2D eigenvalue weighted by molar-refractivity contribution is 6.02. The quantitative estimate of drug-likeness (QED) is 0.355. The molecule has 0 aliphatic carbocycles. The number of carbonyl (C=O) groups is 1. The Morgan fingerprint density at radius 1 is 1.10 bits per heavy atom. The molecule has 0 unspecified atom stereocenters. The Hall–Kier alpha value is -4.52. The smallest absolute Gasteiger partial charge is 0.410 e. The van der Waals surface area contributed by atoms with Crippen molar-refractivity contribution in [1.82, 2.24) is 24.4 Å². The van der Waals surface area contributed by atoms with E-state index in [4.69, 9.17) is 4.74 Å². The Morgan fingerprint density at radius 2 is 1.87 bits per heavy atom. The number of fused-ring (bicyclic) bond motifs is 1. The molecule has 0 atom stereocenters. The summed E-state index contributed by atoms with van der Waals surface area (Å²) >= 11 is 0. The molecule has 0 saturated carbocycles. The van der Waals surface area contributed by atoms with E-state index in [1.807, 2.05) is 34.6 Å². The fraction of sp³-hybridized carbons (Fsp3) is 0.345. The maximum atomic E-state index is 15.1. The molecular weight excluding hydrogens is 497 g/mol. The maximum absolute atomic E-state index is 15.1. The molecule has 5 rings (SSSR count). The Labute approximate surface area is 226 Å². The van der Waals surface area contributed by atoms with Gasteiger partial charge in [0, 0.05) is 43.2 Å². The Bertz CT molecular complexity index is 1600. The molecule has 1 amide bonds. The van der Waals surface area contributed by atoms with Crippen molar-refractivity contribution in [3.8, 4) is 23.0 Å². The molecular formula is C29H30FN7O2. The van der Waals surface area contributed by atoms with Crippen molar-refractivity contribution in [2.45, 2.75) is 45.8 Å². The normalized spacial score (nSPS) is 15.3. The van der Waals surface area contributed by atoms with Gasteiger partial charge in [-0.2, -0.15) is 5.26 Å². The van der Waals surface area contributed by atoms with Crippen LogP contribution in [0.1, 0.15) is 40.2 Å². The zero-order valence-corrected chi connectivity index (χ0v) is 22.6. The van der Waals surface area contributed by atoms with Gasteiger partial charge in [0.05, 0.1) is 22.6 Å². The van der Waals surface area contributed by atoms with Crippen LogP contribution in [-0.4, -0.2) is 61.3 Å². The van der Waals surface area contributed by atoms with E-state index in [0.29, 0.717) is 59.0 Å². The standard InChI is InChI=1S/C29H30FN7O2/c1-28(2,3)39-27(38)37-13-12-35(17-29(37,4)5)25-24-21(20-8-6-7-9-22(20)30)16-36(26(24)34-18-33-25)23-14-19(15-31)10-11-32-23/h6-11,14,16,18H,12-13,17H2,1-5H3. The highest BCUT2D eigenvalue weighted by Crippen LogP contribution is 2.39. The molecule has 9 nitrogen and oxygen atoms in total. The monoisotopic (exact) mass is 527 g/mol. The van der Waals surface area contributed by atoms with Gasteiger partial charge in [0.1, 0.15) is 29.4 Å². The van der Waals surface area contributed by atoms with Gasteiger partial charge < -0.3 is 9.64 Å². The molecule has 3 aromatic heterocycles. The largest absolute Gasteiger partial charge is 0.444 e. The summed E-state index contributed by atoms with van der Waals surface area (Å²) < 4.78 is 22.5. The van der Waals surface area contributed by atoms with Gasteiger partial charge in [-0.05, 0) is 52.8 Å². The molecule has 200 valence electrons. The van der Waals surface area contributed by atoms with Crippen LogP contribution in [0.4, 0.5) is 15.0 Å². The van der Waals surface area contributed by atoms with Gasteiger partial charge in [-0.1, -0.05) is 18.2 Å². The summed E-state index contributed by atoms with van der Waals surface area (Å²) in [5.41, 5.74) is 0.825. The average molecular weight is 528 g/mol. The number of rotatable bonds is 3. The number of amides is 1. The number of halogens is 1. The molecule has 39 heavy (non-hydrogen) atoms. The number of hydrogen-bond acceptors (Lipinski definition) is 7. The molecule has 1 fully saturated rings. The number of anilines is 1. The van der Waals surface area contributed by atoms with Crippen LogP contribution in [0.2, 0.25) is 0 Å². The van der Waals surface area contributed by atoms with Gasteiger partial charge in [-0.3, -0.25) is 9.47 Å². The highest BCUT2D eigenvalue weighted by Gasteiger charge is 2.40. The molecule has 0 spiro atoms. The van der Waals surface area contributed by atoms with Crippen LogP contribution in [0.25, 0.3) is 28.0 Å². The fourth-order valence-corrected chi connectivity index (χ4v) is 4.95. The summed E-state index contributed by atoms with van der Waals surface area (Å²) in [6.07, 6.45) is 4.46. The summed E-state index contributed by atoms with van der Waals surface area (Å²) in [5, 5.41) is 10.1. The molecule has 0 bridgehead atoms. The maximum Gasteiger partial charge on any atom is 0.410 e. The molecule has 10 heteroatoms. The minimum absolute atomic E-state index is 0.360. The van der Waals surface area contributed by atoms with Crippen molar-refractivity contribution < 1.29 is 13.9 Å². The van der Waals surface area contributed by atoms with Crippen LogP contribution in [0.3, 0.4) is 0 Å². The van der Waals surface area contributed by atoms with Crippen molar-refractivity contribution in [3.05, 3.63) is 66.5 Å². The summed E-state index contributed by atoms with van der Waals surface area (Å²) in [6.45, 7) is 10.9. The number of hydrogen-bond donors (Lipinski definition) is 0. The van der Waals surface area contributed by atoms with Crippen LogP contribution in [0.15, 0.2) is 55.1 Å². The van der Waals surface area contributed by atoms with Crippen LogP contribution in [0.5, 0.6) is 0 Å². The first-order valence-corrected chi connectivity index (χ1v) is 12.7. The second-order valence-electron chi connectivity index (χ2n) is 11.2. The molecule has 0 radical (unpaired) electrons. The van der Waals surface area contributed by atoms with Crippen molar-refractivity contribution in [1.29, 1.82) is 5.26 Å². The minimum atomic E-state index is -0.600. The third-order valence-corrected chi connectivity index (χ3v) is 6.66. The number of benzene rings is 1. The number of carbonyl (C=O) groups excluding carboxylic acids is 1. The average Bonchev–Trinajstić information content (AvgIpc) is 3.27. The van der Waals surface area contributed by atoms with E-state index in [-0.39, 0.29) is 11.9 Å². The fourth-order valence-electron chi connectivity index (χ4n) is 4.95. The lowest BCUT2D eigenvalue weighted by atomic mass is 9.98. The zero-order valence-electron chi connectivity index (χ0n) is 22.6. The predicted octanol–water partition coefficient (Wildman–Crippen LogP) is 5.33. The van der Waals surface area contributed by atoms with Crippen molar-refractivity contribution in [2.75, 3.05) is 24.5 Å². The van der Waals surface area contributed by atoms with Gasteiger partial charge in [-0.15, -0.1) is 0 Å². The summed E-state index contributed by atoms with van der Waals surface area (Å²) in [6, 6.07) is 12.0. The van der Waals surface area contributed by atoms with Crippen LogP contribution in [0, 0.1) is 17.1 Å². The number of nitriles is 1. The first-order valence-electron chi connectivity index (χ1n) is 12.7. The van der Waals surface area contributed by atoms with E-state index in [0.717, 1.165) is 0 Å². The Morgan fingerprint density at radius 3 is 2.56 bits per heavy atom. The molecule has 1 saturated heterocycles. The first-order chi connectivity index (χ1) is 18.5. The Balaban J connectivity index is 1.63. The lowest BCUT2D eigenvalue weighted by Gasteiger charge is -2.47. The van der Waals surface area contributed by atoms with E-state index in [1.54, 1.807) is 52.2 Å². The number of ether oxygens (including phenoxy) is 1. The number of piperazine rings is 1. The van der Waals surface area contributed by atoms with Crippen molar-refractivity contribution in [2.24, 2.45) is 0 Å². The second kappa shape index (κ2) is 9.66. The summed E-state index contributed by atoms with van der Waals surface area (Å²) in [4.78, 5) is 30.5. The lowest BCUT2D eigenvalue weighted by molar-refractivity contribution is 0.000332. The third kappa shape index (κ3) is 5.00. The molecule has 4 heterocycles. The van der Waals surface area contributed by atoms with Crippen molar-refractivity contribution in [3.63, 3.8) is 0 Å². The van der Waals surface area contributed by atoms with Gasteiger partial charge in [-0.25, -0.2) is 24.1 Å². The molecule has 1 aromatic carbocycles. The van der Waals surface area contributed by atoms with Gasteiger partial charge >= 0.3 is 6.09 Å². The highest BCUT2D eigenvalue weighted by atomic mass is 19.1. The van der Waals surface area contributed by atoms with Crippen LogP contribution >= 0.6 is 0 Å². The summed E-state index contributed by atoms with van der Waals surface area (Å²) in [7, 11) is 0. The number of nitrogens with zero attached hydrogens (tertiary/aromatic N) is 7. The number of pyridine rings is 1. The lowest BCUT2D eigenvalue weighted by Crippen LogP contribution is -2.62. The predicted molar refractivity (Wildman–Crippen MR) is 146 cm³/mol. The van der Waals surface area contributed by atoms with Gasteiger partial charge in [0.2, 0.25) is 0 Å². The molecule has 0 N–H and O–H groups in total. The second-order valence-corrected chi connectivity index (χ2v) is 11.2. The third-order valence-electron chi connectivity index (χ3n) is 6.66. The Kier molecular flexibility index (Phi) is 6.46. The zero-order chi connectivity index (χ0) is 27.9. The van der Waals surface area contributed by atoms with E-state index in [2.05, 4.69) is 25.9 Å². The van der Waals surface area contributed by atoms with E-state index in [1.165, 1.54) is 12.4 Å². The van der Waals surface area contributed by atoms with E-state index < -0.39 is 11.1 Å². The topological polar surface area (TPSA) is 100 Å². The summed E-state index contributed by atoms with van der Waals surface area (Å²) in [5.74, 6) is 0.742. The molecule has 1 aliphatic rings. The van der Waals surface area contributed by atoms with E-state index in [9.17, 15) is 10.1 Å². The van der Waals surface area contributed by atoms with Crippen LogP contribution in [-0.2, 0) is 4.74 Å². The van der Waals surface area contributed by atoms with Gasteiger partial charge in [0.25, 0.3) is 0 Å². The van der Waals surface area contributed by atoms with Crippen LogP contribution < -0.4 is 4.90 Å². The minimum Gasteiger partial charge on any atom is -0.444 e. The number of aromatic nitrogens is 4. The molecule has 1 aliphatic heterocycles. The first kappa shape index (κ1) is 26.1. The van der Waals surface area contributed by atoms with E-state index >= 15 is 4.39 Å². The van der Waals surface area contributed by atoms with Crippen molar-refractivity contribution >= 4 is 22.9 Å². The SMILES string of the molecule is CC(C)(C)OC(=O)N1CCN(c2ncnc3c2c(-c2ccccc2F)cn3-c2cc(C#N)ccn2)CC1(C)C. The molecule has 4 aromatic rings.